The van der Waals surface area contributed by atoms with Crippen LogP contribution in [-0.4, -0.2) is 35.8 Å². The van der Waals surface area contributed by atoms with Gasteiger partial charge < -0.3 is 5.32 Å². The van der Waals surface area contributed by atoms with Gasteiger partial charge in [0.2, 0.25) is 5.91 Å². The first-order valence-corrected chi connectivity index (χ1v) is 4.63. The molecule has 1 N–H and O–H groups in total. The van der Waals surface area contributed by atoms with Crippen molar-refractivity contribution in [2.24, 2.45) is 5.10 Å². The second-order valence-corrected chi connectivity index (χ2v) is 3.45. The summed E-state index contributed by atoms with van der Waals surface area (Å²) in [4.78, 5) is 11.2. The molecule has 1 heterocycles. The average molecular weight is 183 g/mol. The van der Waals surface area contributed by atoms with Crippen molar-refractivity contribution in [3.63, 3.8) is 0 Å². The minimum absolute atomic E-state index is 0.0810. The Morgan fingerprint density at radius 1 is 1.69 bits per heavy atom. The predicted octanol–water partition coefficient (Wildman–Crippen LogP) is 0.591. The number of nitrogens with zero attached hydrogens (tertiary/aromatic N) is 2. The number of likely N-dealkylation sites (N-methyl/N-ethyl adjacent to an activating group) is 1. The molecule has 0 aromatic rings. The first-order chi connectivity index (χ1) is 6.06. The van der Waals surface area contributed by atoms with Crippen LogP contribution >= 0.6 is 0 Å². The lowest BCUT2D eigenvalue weighted by Gasteiger charge is -2.21. The van der Waals surface area contributed by atoms with E-state index in [2.05, 4.69) is 17.3 Å². The number of hydrogen-bond donors (Lipinski definition) is 1. The number of carbonyl (C=O) groups excluding carboxylic acids is 1. The number of amides is 1. The molecule has 1 amide bonds. The maximum Gasteiger partial charge on any atom is 0.220 e. The SMILES string of the molecule is CCC(=O)NC1C(C)=NN(C)C1C. The molecule has 1 aliphatic heterocycles. The summed E-state index contributed by atoms with van der Waals surface area (Å²) in [5.41, 5.74) is 0.983. The van der Waals surface area contributed by atoms with Crippen LogP contribution in [0.1, 0.15) is 27.2 Å². The molecular formula is C9H17N3O. The molecule has 0 saturated heterocycles. The van der Waals surface area contributed by atoms with Crippen LogP contribution in [0.4, 0.5) is 0 Å². The lowest BCUT2D eigenvalue weighted by atomic mass is 10.1. The van der Waals surface area contributed by atoms with Gasteiger partial charge in [0.1, 0.15) is 0 Å². The number of rotatable bonds is 2. The Balaban J connectivity index is 2.60. The number of carbonyl (C=O) groups is 1. The normalized spacial score (nSPS) is 27.4. The van der Waals surface area contributed by atoms with Crippen molar-refractivity contribution in [3.8, 4) is 0 Å². The zero-order chi connectivity index (χ0) is 10.0. The van der Waals surface area contributed by atoms with Gasteiger partial charge in [-0.3, -0.25) is 9.80 Å². The minimum atomic E-state index is 0.0810. The average Bonchev–Trinajstić information content (AvgIpc) is 2.32. The van der Waals surface area contributed by atoms with Gasteiger partial charge in [-0.25, -0.2) is 0 Å². The van der Waals surface area contributed by atoms with Crippen molar-refractivity contribution in [1.82, 2.24) is 10.3 Å². The summed E-state index contributed by atoms with van der Waals surface area (Å²) >= 11 is 0. The second kappa shape index (κ2) is 3.77. The molecule has 1 rings (SSSR count). The van der Waals surface area contributed by atoms with Gasteiger partial charge in [0, 0.05) is 13.5 Å². The maximum atomic E-state index is 11.2. The molecule has 0 fully saturated rings. The number of hydrazone groups is 1. The first kappa shape index (κ1) is 10.0. The second-order valence-electron chi connectivity index (χ2n) is 3.45. The fraction of sp³-hybridized carbons (Fsp3) is 0.778. The largest absolute Gasteiger partial charge is 0.346 e. The highest BCUT2D eigenvalue weighted by molar-refractivity contribution is 5.92. The molecule has 0 radical (unpaired) electrons. The van der Waals surface area contributed by atoms with Gasteiger partial charge in [-0.15, -0.1) is 0 Å². The van der Waals surface area contributed by atoms with E-state index in [1.54, 1.807) is 0 Å². The summed E-state index contributed by atoms with van der Waals surface area (Å²) in [5.74, 6) is 0.0849. The van der Waals surface area contributed by atoms with E-state index in [1.807, 2.05) is 25.9 Å². The summed E-state index contributed by atoms with van der Waals surface area (Å²) in [6, 6.07) is 0.341. The Morgan fingerprint density at radius 3 is 2.69 bits per heavy atom. The molecule has 0 bridgehead atoms. The summed E-state index contributed by atoms with van der Waals surface area (Å²) in [6.45, 7) is 5.85. The van der Waals surface area contributed by atoms with Gasteiger partial charge in [0.15, 0.2) is 0 Å². The van der Waals surface area contributed by atoms with E-state index in [4.69, 9.17) is 0 Å². The van der Waals surface area contributed by atoms with Crippen molar-refractivity contribution in [1.29, 1.82) is 0 Å². The summed E-state index contributed by atoms with van der Waals surface area (Å²) in [6.07, 6.45) is 0.528. The molecule has 2 atom stereocenters. The molecule has 2 unspecified atom stereocenters. The Kier molecular flexibility index (Phi) is 2.90. The van der Waals surface area contributed by atoms with E-state index in [1.165, 1.54) is 0 Å². The Morgan fingerprint density at radius 2 is 2.31 bits per heavy atom. The number of hydrogen-bond acceptors (Lipinski definition) is 3. The summed E-state index contributed by atoms with van der Waals surface area (Å²) in [7, 11) is 1.92. The van der Waals surface area contributed by atoms with Crippen LogP contribution in [-0.2, 0) is 4.79 Å². The quantitative estimate of drug-likeness (QED) is 0.681. The zero-order valence-electron chi connectivity index (χ0n) is 8.66. The molecule has 4 nitrogen and oxygen atoms in total. The highest BCUT2D eigenvalue weighted by Crippen LogP contribution is 2.13. The van der Waals surface area contributed by atoms with Gasteiger partial charge >= 0.3 is 0 Å². The molecule has 0 spiro atoms. The fourth-order valence-corrected chi connectivity index (χ4v) is 1.47. The lowest BCUT2D eigenvalue weighted by Crippen LogP contribution is -2.46. The van der Waals surface area contributed by atoms with Gasteiger partial charge in [0.05, 0.1) is 17.8 Å². The van der Waals surface area contributed by atoms with E-state index in [0.717, 1.165) is 5.71 Å². The Hall–Kier alpha value is -1.06. The van der Waals surface area contributed by atoms with Crippen LogP contribution in [0.25, 0.3) is 0 Å². The van der Waals surface area contributed by atoms with Gasteiger partial charge in [-0.1, -0.05) is 6.92 Å². The molecule has 1 aliphatic rings. The van der Waals surface area contributed by atoms with E-state index in [0.29, 0.717) is 6.42 Å². The summed E-state index contributed by atoms with van der Waals surface area (Å²) in [5, 5.41) is 9.11. The van der Waals surface area contributed by atoms with Crippen molar-refractivity contribution < 1.29 is 4.79 Å². The van der Waals surface area contributed by atoms with Gasteiger partial charge in [-0.05, 0) is 13.8 Å². The van der Waals surface area contributed by atoms with Crippen LogP contribution in [0.15, 0.2) is 5.10 Å². The minimum Gasteiger partial charge on any atom is -0.346 e. The highest BCUT2D eigenvalue weighted by Gasteiger charge is 2.30. The Bertz CT molecular complexity index is 237. The molecular weight excluding hydrogens is 166 g/mol. The lowest BCUT2D eigenvalue weighted by molar-refractivity contribution is -0.121. The highest BCUT2D eigenvalue weighted by atomic mass is 16.1. The van der Waals surface area contributed by atoms with Crippen molar-refractivity contribution in [2.75, 3.05) is 7.05 Å². The smallest absolute Gasteiger partial charge is 0.220 e. The fourth-order valence-electron chi connectivity index (χ4n) is 1.47. The van der Waals surface area contributed by atoms with Crippen LogP contribution < -0.4 is 5.32 Å². The van der Waals surface area contributed by atoms with Crippen LogP contribution in [0.5, 0.6) is 0 Å². The van der Waals surface area contributed by atoms with Crippen LogP contribution in [0, 0.1) is 0 Å². The molecule has 74 valence electrons. The third-order valence-corrected chi connectivity index (χ3v) is 2.47. The Labute approximate surface area is 79.0 Å². The molecule has 13 heavy (non-hydrogen) atoms. The molecule has 0 saturated carbocycles. The van der Waals surface area contributed by atoms with Crippen LogP contribution in [0.2, 0.25) is 0 Å². The van der Waals surface area contributed by atoms with Crippen molar-refractivity contribution >= 4 is 11.6 Å². The zero-order valence-corrected chi connectivity index (χ0v) is 8.66. The van der Waals surface area contributed by atoms with Crippen LogP contribution in [0.3, 0.4) is 0 Å². The maximum absolute atomic E-state index is 11.2. The number of nitrogens with one attached hydrogen (secondary N) is 1. The van der Waals surface area contributed by atoms with Gasteiger partial charge in [-0.2, -0.15) is 5.10 Å². The third kappa shape index (κ3) is 1.99. The van der Waals surface area contributed by atoms with Gasteiger partial charge in [0.25, 0.3) is 0 Å². The predicted molar refractivity (Wildman–Crippen MR) is 52.6 cm³/mol. The third-order valence-electron chi connectivity index (χ3n) is 2.47. The van der Waals surface area contributed by atoms with E-state index < -0.39 is 0 Å². The van der Waals surface area contributed by atoms with Crippen molar-refractivity contribution in [2.45, 2.75) is 39.3 Å². The monoisotopic (exact) mass is 183 g/mol. The standard InChI is InChI=1S/C9H17N3O/c1-5-8(13)10-9-6(2)11-12(4)7(9)3/h7,9H,5H2,1-4H3,(H,10,13). The summed E-state index contributed by atoms with van der Waals surface area (Å²) < 4.78 is 0. The van der Waals surface area contributed by atoms with E-state index >= 15 is 0 Å². The van der Waals surface area contributed by atoms with E-state index in [-0.39, 0.29) is 18.0 Å². The topological polar surface area (TPSA) is 44.7 Å². The van der Waals surface area contributed by atoms with Crippen molar-refractivity contribution in [3.05, 3.63) is 0 Å². The molecule has 0 aliphatic carbocycles. The van der Waals surface area contributed by atoms with E-state index in [9.17, 15) is 4.79 Å². The molecule has 0 aromatic carbocycles. The molecule has 0 aromatic heterocycles. The molecule has 4 heteroatoms. The first-order valence-electron chi connectivity index (χ1n) is 4.63.